The average molecular weight is 272 g/mol. The van der Waals surface area contributed by atoms with Crippen molar-refractivity contribution in [2.75, 3.05) is 19.8 Å². The van der Waals surface area contributed by atoms with Crippen LogP contribution in [0.1, 0.15) is 39.5 Å². The lowest BCUT2D eigenvalue weighted by molar-refractivity contribution is -0.138. The molecule has 1 aliphatic heterocycles. The zero-order valence-electron chi connectivity index (χ0n) is 11.7. The lowest BCUT2D eigenvalue weighted by atomic mass is 9.93. The van der Waals surface area contributed by atoms with E-state index in [1.54, 1.807) is 0 Å². The fraction of sp³-hybridized carbons (Fsp3) is 0.846. The molecule has 0 radical (unpaired) electrons. The molecule has 2 amide bonds. The van der Waals surface area contributed by atoms with Crippen LogP contribution in [0.5, 0.6) is 0 Å². The minimum Gasteiger partial charge on any atom is -0.481 e. The molecule has 1 rings (SSSR count). The van der Waals surface area contributed by atoms with Gasteiger partial charge in [0.1, 0.15) is 0 Å². The molecule has 1 aliphatic rings. The van der Waals surface area contributed by atoms with Crippen LogP contribution in [-0.4, -0.2) is 42.4 Å². The van der Waals surface area contributed by atoms with Crippen LogP contribution in [0, 0.1) is 5.92 Å². The van der Waals surface area contributed by atoms with Crippen molar-refractivity contribution in [3.63, 3.8) is 0 Å². The first-order valence-electron chi connectivity index (χ1n) is 6.81. The summed E-state index contributed by atoms with van der Waals surface area (Å²) in [5, 5.41) is 14.4. The smallest absolute Gasteiger partial charge is 0.315 e. The maximum atomic E-state index is 11.8. The third-order valence-corrected chi connectivity index (χ3v) is 3.60. The normalized spacial score (nSPS) is 19.5. The minimum atomic E-state index is -0.828. The molecule has 0 aromatic rings. The van der Waals surface area contributed by atoms with Gasteiger partial charge < -0.3 is 20.5 Å². The fourth-order valence-electron chi connectivity index (χ4n) is 2.11. The van der Waals surface area contributed by atoms with E-state index < -0.39 is 5.97 Å². The predicted molar refractivity (Wildman–Crippen MR) is 71.0 cm³/mol. The van der Waals surface area contributed by atoms with E-state index in [0.29, 0.717) is 19.8 Å². The third-order valence-electron chi connectivity index (χ3n) is 3.60. The predicted octanol–water partition coefficient (Wildman–Crippen LogP) is 1.36. The first kappa shape index (κ1) is 15.8. The van der Waals surface area contributed by atoms with E-state index in [9.17, 15) is 9.59 Å². The van der Waals surface area contributed by atoms with E-state index in [4.69, 9.17) is 9.84 Å². The molecule has 3 N–H and O–H groups in total. The van der Waals surface area contributed by atoms with Gasteiger partial charge >= 0.3 is 12.0 Å². The van der Waals surface area contributed by atoms with Gasteiger partial charge in [0.2, 0.25) is 0 Å². The molecular weight excluding hydrogens is 248 g/mol. The summed E-state index contributed by atoms with van der Waals surface area (Å²) >= 11 is 0. The van der Waals surface area contributed by atoms with Crippen molar-refractivity contribution in [3.8, 4) is 0 Å². The number of rotatable bonds is 6. The molecule has 0 aromatic carbocycles. The van der Waals surface area contributed by atoms with Gasteiger partial charge in [-0.2, -0.15) is 0 Å². The highest BCUT2D eigenvalue weighted by atomic mass is 16.5. The van der Waals surface area contributed by atoms with Crippen LogP contribution in [0.3, 0.4) is 0 Å². The monoisotopic (exact) mass is 272 g/mol. The first-order valence-corrected chi connectivity index (χ1v) is 6.81. The Morgan fingerprint density at radius 2 is 2.00 bits per heavy atom. The summed E-state index contributed by atoms with van der Waals surface area (Å²) in [6.07, 6.45) is 2.42. The Hall–Kier alpha value is -1.30. The zero-order chi connectivity index (χ0) is 14.3. The molecule has 1 atom stereocenters. The van der Waals surface area contributed by atoms with Crippen LogP contribution in [0.15, 0.2) is 0 Å². The van der Waals surface area contributed by atoms with Crippen LogP contribution in [0.25, 0.3) is 0 Å². The zero-order valence-corrected chi connectivity index (χ0v) is 11.7. The number of carboxylic acid groups (broad SMARTS) is 1. The molecule has 0 saturated carbocycles. The largest absolute Gasteiger partial charge is 0.481 e. The number of aliphatic carboxylic acids is 1. The Morgan fingerprint density at radius 1 is 1.37 bits per heavy atom. The number of hydrogen-bond donors (Lipinski definition) is 3. The molecule has 1 heterocycles. The summed E-state index contributed by atoms with van der Waals surface area (Å²) in [5.74, 6) is -0.851. The van der Waals surface area contributed by atoms with E-state index in [2.05, 4.69) is 10.6 Å². The Morgan fingerprint density at radius 3 is 2.53 bits per heavy atom. The lowest BCUT2D eigenvalue weighted by Crippen LogP contribution is -2.53. The van der Waals surface area contributed by atoms with E-state index in [-0.39, 0.29) is 23.9 Å². The quantitative estimate of drug-likeness (QED) is 0.681. The van der Waals surface area contributed by atoms with Crippen LogP contribution >= 0.6 is 0 Å². The van der Waals surface area contributed by atoms with E-state index >= 15 is 0 Å². The van der Waals surface area contributed by atoms with Crippen molar-refractivity contribution in [1.82, 2.24) is 10.6 Å². The van der Waals surface area contributed by atoms with Crippen LogP contribution < -0.4 is 10.6 Å². The molecule has 1 unspecified atom stereocenters. The number of carboxylic acids is 1. The molecule has 6 nitrogen and oxygen atoms in total. The van der Waals surface area contributed by atoms with Gasteiger partial charge in [-0.1, -0.05) is 13.3 Å². The van der Waals surface area contributed by atoms with Gasteiger partial charge in [-0.3, -0.25) is 4.79 Å². The summed E-state index contributed by atoms with van der Waals surface area (Å²) in [5.41, 5.74) is -0.225. The van der Waals surface area contributed by atoms with Crippen LogP contribution in [0.4, 0.5) is 4.79 Å². The summed E-state index contributed by atoms with van der Waals surface area (Å²) in [7, 11) is 0. The number of nitrogens with one attached hydrogen (secondary N) is 2. The third kappa shape index (κ3) is 5.92. The van der Waals surface area contributed by atoms with Crippen LogP contribution in [-0.2, 0) is 9.53 Å². The topological polar surface area (TPSA) is 87.7 Å². The summed E-state index contributed by atoms with van der Waals surface area (Å²) in [6, 6.07) is -0.228. The minimum absolute atomic E-state index is 0.0225. The van der Waals surface area contributed by atoms with Crippen molar-refractivity contribution in [2.24, 2.45) is 5.92 Å². The maximum Gasteiger partial charge on any atom is 0.315 e. The van der Waals surface area contributed by atoms with E-state index in [1.165, 1.54) is 0 Å². The van der Waals surface area contributed by atoms with Gasteiger partial charge in [0, 0.05) is 31.7 Å². The molecule has 6 heteroatoms. The Labute approximate surface area is 113 Å². The second-order valence-corrected chi connectivity index (χ2v) is 5.38. The van der Waals surface area contributed by atoms with Gasteiger partial charge in [0.15, 0.2) is 0 Å². The average Bonchev–Trinajstić information content (AvgIpc) is 2.34. The van der Waals surface area contributed by atoms with Crippen molar-refractivity contribution >= 4 is 12.0 Å². The number of amides is 2. The molecular formula is C13H24N2O4. The number of carbonyl (C=O) groups excluding carboxylic acids is 1. The molecule has 1 saturated heterocycles. The van der Waals surface area contributed by atoms with E-state index in [0.717, 1.165) is 19.3 Å². The number of urea groups is 1. The standard InChI is InChI=1S/C13H24N2O4/c1-3-10(8-11(16)17)9-14-12(18)15-13(2)4-6-19-7-5-13/h10H,3-9H2,1-2H3,(H,16,17)(H2,14,15,18). The highest BCUT2D eigenvalue weighted by Gasteiger charge is 2.29. The lowest BCUT2D eigenvalue weighted by Gasteiger charge is -2.34. The summed E-state index contributed by atoms with van der Waals surface area (Å²) < 4.78 is 5.27. The van der Waals surface area contributed by atoms with Gasteiger partial charge in [0.25, 0.3) is 0 Å². The number of hydrogen-bond acceptors (Lipinski definition) is 3. The number of ether oxygens (including phenoxy) is 1. The van der Waals surface area contributed by atoms with Gasteiger partial charge in [-0.05, 0) is 25.7 Å². The van der Waals surface area contributed by atoms with Gasteiger partial charge in [-0.25, -0.2) is 4.79 Å². The summed E-state index contributed by atoms with van der Waals surface area (Å²) in [6.45, 7) is 5.64. The highest BCUT2D eigenvalue weighted by molar-refractivity contribution is 5.75. The van der Waals surface area contributed by atoms with Crippen molar-refractivity contribution in [1.29, 1.82) is 0 Å². The molecule has 0 aliphatic carbocycles. The molecule has 19 heavy (non-hydrogen) atoms. The molecule has 1 fully saturated rings. The Balaban J connectivity index is 2.31. The van der Waals surface area contributed by atoms with Gasteiger partial charge in [0.05, 0.1) is 0 Å². The first-order chi connectivity index (χ1) is 8.95. The summed E-state index contributed by atoms with van der Waals surface area (Å²) in [4.78, 5) is 22.5. The molecule has 0 spiro atoms. The fourth-order valence-corrected chi connectivity index (χ4v) is 2.11. The SMILES string of the molecule is CCC(CNC(=O)NC1(C)CCOCC1)CC(=O)O. The van der Waals surface area contributed by atoms with Crippen molar-refractivity contribution in [3.05, 3.63) is 0 Å². The van der Waals surface area contributed by atoms with Crippen LogP contribution in [0.2, 0.25) is 0 Å². The Bertz CT molecular complexity index is 314. The van der Waals surface area contributed by atoms with Crippen molar-refractivity contribution < 1.29 is 19.4 Å². The second-order valence-electron chi connectivity index (χ2n) is 5.38. The molecule has 110 valence electrons. The highest BCUT2D eigenvalue weighted by Crippen LogP contribution is 2.19. The van der Waals surface area contributed by atoms with E-state index in [1.807, 2.05) is 13.8 Å². The van der Waals surface area contributed by atoms with Crippen molar-refractivity contribution in [2.45, 2.75) is 45.1 Å². The molecule has 0 aromatic heterocycles. The Kier molecular flexibility index (Phi) is 6.08. The maximum absolute atomic E-state index is 11.8. The second kappa shape index (κ2) is 7.33. The van der Waals surface area contributed by atoms with Gasteiger partial charge in [-0.15, -0.1) is 0 Å². The number of carbonyl (C=O) groups is 2. The molecule has 0 bridgehead atoms.